The molecule has 0 aliphatic rings. The molecule has 70 valence electrons. The van der Waals surface area contributed by atoms with E-state index in [2.05, 4.69) is 20.9 Å². The second kappa shape index (κ2) is 3.78. The number of carbonyl (C=O) groups excluding carboxylic acids is 1. The van der Waals surface area contributed by atoms with Crippen molar-refractivity contribution in [2.75, 3.05) is 0 Å². The third-order valence-electron chi connectivity index (χ3n) is 1.43. The first-order chi connectivity index (χ1) is 6.07. The number of halogens is 3. The lowest BCUT2D eigenvalue weighted by Gasteiger charge is -2.02. The van der Waals surface area contributed by atoms with Crippen molar-refractivity contribution in [2.45, 2.75) is 6.43 Å². The molecular weight excluding hydrogens is 248 g/mol. The summed E-state index contributed by atoms with van der Waals surface area (Å²) in [4.78, 5) is 23.5. The summed E-state index contributed by atoms with van der Waals surface area (Å²) in [6.45, 7) is 0. The Balaban J connectivity index is 3.40. The van der Waals surface area contributed by atoms with Crippen LogP contribution in [-0.4, -0.2) is 11.3 Å². The first-order valence-electron chi connectivity index (χ1n) is 3.22. The summed E-state index contributed by atoms with van der Waals surface area (Å²) in [6, 6.07) is 0. The van der Waals surface area contributed by atoms with E-state index in [-0.39, 0.29) is 10.0 Å². The number of pyridine rings is 1. The quantitative estimate of drug-likeness (QED) is 0.817. The second-order valence-corrected chi connectivity index (χ2v) is 3.01. The molecule has 0 amide bonds. The zero-order valence-electron chi connectivity index (χ0n) is 6.18. The van der Waals surface area contributed by atoms with Gasteiger partial charge in [0.1, 0.15) is 5.69 Å². The van der Waals surface area contributed by atoms with Crippen LogP contribution in [-0.2, 0) is 0 Å². The molecule has 0 fully saturated rings. The molecule has 1 aromatic heterocycles. The SMILES string of the molecule is O=Cc1c[nH]c(C(F)F)c(Br)c1=O. The largest absolute Gasteiger partial charge is 0.359 e. The lowest BCUT2D eigenvalue weighted by atomic mass is 10.2. The third kappa shape index (κ3) is 1.82. The standard InChI is InChI=1S/C7H4BrF2NO2/c8-4-5(7(9)10)11-1-3(2-12)6(4)13/h1-2,7H,(H,11,13). The maximum atomic E-state index is 12.2. The number of hydrogen-bond acceptors (Lipinski definition) is 2. The average Bonchev–Trinajstić information content (AvgIpc) is 2.09. The van der Waals surface area contributed by atoms with Crippen LogP contribution in [0.1, 0.15) is 22.5 Å². The van der Waals surface area contributed by atoms with Crippen LogP contribution in [0.3, 0.4) is 0 Å². The van der Waals surface area contributed by atoms with Crippen molar-refractivity contribution in [2.24, 2.45) is 0 Å². The molecule has 0 aliphatic heterocycles. The van der Waals surface area contributed by atoms with Crippen molar-refractivity contribution >= 4 is 22.2 Å². The number of H-pyrrole nitrogens is 1. The van der Waals surface area contributed by atoms with Gasteiger partial charge in [0, 0.05) is 6.20 Å². The minimum absolute atomic E-state index is 0.184. The van der Waals surface area contributed by atoms with Crippen LogP contribution in [0, 0.1) is 0 Å². The lowest BCUT2D eigenvalue weighted by Crippen LogP contribution is -2.12. The summed E-state index contributed by atoms with van der Waals surface area (Å²) in [5.74, 6) is 0. The number of nitrogens with one attached hydrogen (secondary N) is 1. The molecule has 1 rings (SSSR count). The van der Waals surface area contributed by atoms with Crippen molar-refractivity contribution in [3.63, 3.8) is 0 Å². The predicted molar refractivity (Wildman–Crippen MR) is 45.1 cm³/mol. The average molecular weight is 252 g/mol. The Labute approximate surface area is 79.9 Å². The van der Waals surface area contributed by atoms with Crippen molar-refractivity contribution < 1.29 is 13.6 Å². The van der Waals surface area contributed by atoms with Crippen LogP contribution >= 0.6 is 15.9 Å². The van der Waals surface area contributed by atoms with Crippen molar-refractivity contribution in [3.8, 4) is 0 Å². The van der Waals surface area contributed by atoms with E-state index in [4.69, 9.17) is 0 Å². The highest BCUT2D eigenvalue weighted by Crippen LogP contribution is 2.22. The smallest absolute Gasteiger partial charge is 0.279 e. The van der Waals surface area contributed by atoms with E-state index in [1.54, 1.807) is 0 Å². The number of hydrogen-bond donors (Lipinski definition) is 1. The molecule has 0 spiro atoms. The summed E-state index contributed by atoms with van der Waals surface area (Å²) in [5, 5.41) is 0. The van der Waals surface area contributed by atoms with Gasteiger partial charge < -0.3 is 4.98 Å². The van der Waals surface area contributed by atoms with E-state index in [1.165, 1.54) is 0 Å². The summed E-state index contributed by atoms with van der Waals surface area (Å²) in [6.07, 6.45) is -1.51. The molecule has 0 saturated carbocycles. The zero-order valence-corrected chi connectivity index (χ0v) is 7.77. The molecule has 6 heteroatoms. The van der Waals surface area contributed by atoms with E-state index in [9.17, 15) is 18.4 Å². The lowest BCUT2D eigenvalue weighted by molar-refractivity contribution is 0.112. The molecule has 0 aromatic carbocycles. The number of carbonyl (C=O) groups is 1. The number of aromatic amines is 1. The summed E-state index contributed by atoms with van der Waals surface area (Å²) >= 11 is 2.69. The van der Waals surface area contributed by atoms with Gasteiger partial charge in [-0.3, -0.25) is 9.59 Å². The van der Waals surface area contributed by atoms with Gasteiger partial charge in [0.2, 0.25) is 5.43 Å². The Hall–Kier alpha value is -1.04. The van der Waals surface area contributed by atoms with Gasteiger partial charge in [-0.05, 0) is 15.9 Å². The molecule has 0 aliphatic carbocycles. The van der Waals surface area contributed by atoms with E-state index < -0.39 is 17.5 Å². The van der Waals surface area contributed by atoms with Crippen molar-refractivity contribution in [1.29, 1.82) is 0 Å². The number of alkyl halides is 2. The van der Waals surface area contributed by atoms with Gasteiger partial charge >= 0.3 is 0 Å². The minimum Gasteiger partial charge on any atom is -0.359 e. The van der Waals surface area contributed by atoms with E-state index in [0.717, 1.165) is 6.20 Å². The molecule has 0 unspecified atom stereocenters. The zero-order chi connectivity index (χ0) is 10.0. The summed E-state index contributed by atoms with van der Waals surface area (Å²) < 4.78 is 24.0. The Morgan fingerprint density at radius 1 is 1.54 bits per heavy atom. The Morgan fingerprint density at radius 3 is 2.62 bits per heavy atom. The summed E-state index contributed by atoms with van der Waals surface area (Å²) in [7, 11) is 0. The molecular formula is C7H4BrF2NO2. The van der Waals surface area contributed by atoms with Crippen LogP contribution in [0.4, 0.5) is 8.78 Å². The first-order valence-corrected chi connectivity index (χ1v) is 4.01. The molecule has 0 bridgehead atoms. The van der Waals surface area contributed by atoms with Gasteiger partial charge in [-0.15, -0.1) is 0 Å². The highest BCUT2D eigenvalue weighted by molar-refractivity contribution is 9.10. The molecule has 1 aromatic rings. The fraction of sp³-hybridized carbons (Fsp3) is 0.143. The highest BCUT2D eigenvalue weighted by Gasteiger charge is 2.16. The van der Waals surface area contributed by atoms with Crippen LogP contribution in [0.2, 0.25) is 0 Å². The monoisotopic (exact) mass is 251 g/mol. The topological polar surface area (TPSA) is 49.9 Å². The second-order valence-electron chi connectivity index (χ2n) is 2.22. The molecule has 3 nitrogen and oxygen atoms in total. The molecule has 0 saturated heterocycles. The van der Waals surface area contributed by atoms with E-state index in [0.29, 0.717) is 6.29 Å². The van der Waals surface area contributed by atoms with Crippen molar-refractivity contribution in [3.05, 3.63) is 32.2 Å². The van der Waals surface area contributed by atoms with Crippen LogP contribution in [0.25, 0.3) is 0 Å². The van der Waals surface area contributed by atoms with Crippen LogP contribution in [0.5, 0.6) is 0 Å². The van der Waals surface area contributed by atoms with E-state index >= 15 is 0 Å². The van der Waals surface area contributed by atoms with E-state index in [1.807, 2.05) is 0 Å². The first kappa shape index (κ1) is 10.0. The Morgan fingerprint density at radius 2 is 2.15 bits per heavy atom. The fourth-order valence-corrected chi connectivity index (χ4v) is 1.30. The highest BCUT2D eigenvalue weighted by atomic mass is 79.9. The van der Waals surface area contributed by atoms with Gasteiger partial charge in [-0.1, -0.05) is 0 Å². The fourth-order valence-electron chi connectivity index (χ4n) is 0.780. The molecule has 0 atom stereocenters. The van der Waals surface area contributed by atoms with Gasteiger partial charge in [0.25, 0.3) is 6.43 Å². The maximum absolute atomic E-state index is 12.2. The Bertz CT molecular complexity index is 389. The molecule has 13 heavy (non-hydrogen) atoms. The maximum Gasteiger partial charge on any atom is 0.279 e. The Kier molecular flexibility index (Phi) is 2.92. The normalized spacial score (nSPS) is 10.5. The minimum atomic E-state index is -2.78. The van der Waals surface area contributed by atoms with Gasteiger partial charge in [-0.25, -0.2) is 8.78 Å². The number of aromatic nitrogens is 1. The van der Waals surface area contributed by atoms with Crippen LogP contribution in [0.15, 0.2) is 15.5 Å². The molecule has 0 radical (unpaired) electrons. The number of rotatable bonds is 2. The van der Waals surface area contributed by atoms with Crippen molar-refractivity contribution in [1.82, 2.24) is 4.98 Å². The van der Waals surface area contributed by atoms with Gasteiger partial charge in [0.05, 0.1) is 10.0 Å². The molecule has 1 N–H and O–H groups in total. The number of aldehydes is 1. The van der Waals surface area contributed by atoms with Crippen LogP contribution < -0.4 is 5.43 Å². The molecule has 1 heterocycles. The summed E-state index contributed by atoms with van der Waals surface area (Å²) in [5.41, 5.74) is -1.43. The third-order valence-corrected chi connectivity index (χ3v) is 2.21. The van der Waals surface area contributed by atoms with Gasteiger partial charge in [0.15, 0.2) is 6.29 Å². The predicted octanol–water partition coefficient (Wildman–Crippen LogP) is 1.89. The van der Waals surface area contributed by atoms with Gasteiger partial charge in [-0.2, -0.15) is 0 Å².